The molecule has 4 rings (SSSR count). The minimum Gasteiger partial charge on any atom is -0.492 e. The van der Waals surface area contributed by atoms with Gasteiger partial charge in [0.15, 0.2) is 0 Å². The van der Waals surface area contributed by atoms with Gasteiger partial charge in [0.05, 0.1) is 35.1 Å². The standard InChI is InChI=1S/C21H17ClN4O4/c22-15-1-3-16(4-2-15)30-6-5-26-19(12-7-13(8-12)21(28)29)25-17-11-24-10-14(9-23)18(17)20(26)27/h1-4,10-13H,5-8H2,(H,28,29). The van der Waals surface area contributed by atoms with Crippen molar-refractivity contribution in [1.29, 1.82) is 5.26 Å². The Balaban J connectivity index is 1.68. The third-order valence-electron chi connectivity index (χ3n) is 5.27. The number of hydrogen-bond donors (Lipinski definition) is 1. The summed E-state index contributed by atoms with van der Waals surface area (Å²) in [4.78, 5) is 33.0. The van der Waals surface area contributed by atoms with Crippen molar-refractivity contribution in [3.8, 4) is 11.8 Å². The molecule has 0 bridgehead atoms. The highest BCUT2D eigenvalue weighted by atomic mass is 35.5. The maximum absolute atomic E-state index is 13.2. The van der Waals surface area contributed by atoms with Crippen molar-refractivity contribution >= 4 is 28.5 Å². The smallest absolute Gasteiger partial charge is 0.306 e. The normalized spacial score (nSPS) is 17.9. The molecule has 9 heteroatoms. The number of carboxylic acid groups (broad SMARTS) is 1. The molecule has 0 atom stereocenters. The SMILES string of the molecule is N#Cc1cncc2nc(C3CC(C(=O)O)C3)n(CCOc3ccc(Cl)cc3)c(=O)c12. The monoisotopic (exact) mass is 424 g/mol. The van der Waals surface area contributed by atoms with Crippen molar-refractivity contribution < 1.29 is 14.6 Å². The van der Waals surface area contributed by atoms with Crippen LogP contribution in [0.1, 0.15) is 30.1 Å². The molecule has 1 aromatic carbocycles. The Labute approximate surface area is 176 Å². The summed E-state index contributed by atoms with van der Waals surface area (Å²) in [5.74, 6) is -0.323. The van der Waals surface area contributed by atoms with E-state index in [4.69, 9.17) is 16.3 Å². The number of fused-ring (bicyclic) bond motifs is 1. The maximum atomic E-state index is 13.2. The first-order valence-corrected chi connectivity index (χ1v) is 9.75. The van der Waals surface area contributed by atoms with E-state index < -0.39 is 11.9 Å². The van der Waals surface area contributed by atoms with Crippen molar-refractivity contribution in [3.05, 3.63) is 63.4 Å². The van der Waals surface area contributed by atoms with E-state index in [-0.39, 0.29) is 35.6 Å². The molecular formula is C21H17ClN4O4. The van der Waals surface area contributed by atoms with E-state index in [1.165, 1.54) is 17.0 Å². The molecule has 3 aromatic rings. The first kappa shape index (κ1) is 19.9. The number of aliphatic carboxylic acids is 1. The highest BCUT2D eigenvalue weighted by Gasteiger charge is 2.38. The van der Waals surface area contributed by atoms with Crippen molar-refractivity contribution in [1.82, 2.24) is 14.5 Å². The number of rotatable bonds is 6. The summed E-state index contributed by atoms with van der Waals surface area (Å²) in [6.45, 7) is 0.408. The van der Waals surface area contributed by atoms with Gasteiger partial charge in [0.25, 0.3) is 5.56 Å². The number of carbonyl (C=O) groups is 1. The Morgan fingerprint density at radius 1 is 1.30 bits per heavy atom. The quantitative estimate of drug-likeness (QED) is 0.646. The molecule has 30 heavy (non-hydrogen) atoms. The second-order valence-corrected chi connectivity index (χ2v) is 7.56. The van der Waals surface area contributed by atoms with Crippen LogP contribution in [0.2, 0.25) is 5.02 Å². The van der Waals surface area contributed by atoms with Gasteiger partial charge in [-0.05, 0) is 37.1 Å². The molecule has 0 radical (unpaired) electrons. The van der Waals surface area contributed by atoms with E-state index in [1.807, 2.05) is 6.07 Å². The fourth-order valence-electron chi connectivity index (χ4n) is 3.61. The molecule has 1 fully saturated rings. The van der Waals surface area contributed by atoms with Crippen LogP contribution in [0.25, 0.3) is 10.9 Å². The summed E-state index contributed by atoms with van der Waals surface area (Å²) in [6.07, 6.45) is 3.61. The van der Waals surface area contributed by atoms with E-state index in [0.717, 1.165) is 0 Å². The number of ether oxygens (including phenoxy) is 1. The Morgan fingerprint density at radius 2 is 2.03 bits per heavy atom. The molecular weight excluding hydrogens is 408 g/mol. The van der Waals surface area contributed by atoms with Crippen LogP contribution < -0.4 is 10.3 Å². The van der Waals surface area contributed by atoms with Crippen LogP contribution in [0, 0.1) is 17.2 Å². The number of halogens is 1. The van der Waals surface area contributed by atoms with Crippen LogP contribution in [0.5, 0.6) is 5.75 Å². The zero-order valence-electron chi connectivity index (χ0n) is 15.8. The number of pyridine rings is 1. The first-order valence-electron chi connectivity index (χ1n) is 9.37. The van der Waals surface area contributed by atoms with E-state index in [9.17, 15) is 20.0 Å². The fraction of sp³-hybridized carbons (Fsp3) is 0.286. The van der Waals surface area contributed by atoms with Gasteiger partial charge in [0.1, 0.15) is 24.3 Å². The predicted octanol–water partition coefficient (Wildman–Crippen LogP) is 2.97. The van der Waals surface area contributed by atoms with E-state index in [0.29, 0.717) is 35.0 Å². The van der Waals surface area contributed by atoms with Crippen molar-refractivity contribution in [3.63, 3.8) is 0 Å². The summed E-state index contributed by atoms with van der Waals surface area (Å²) in [5, 5.41) is 19.3. The van der Waals surface area contributed by atoms with Crippen molar-refractivity contribution in [2.75, 3.05) is 6.61 Å². The molecule has 0 amide bonds. The molecule has 0 saturated heterocycles. The Hall–Kier alpha value is -3.44. The zero-order valence-corrected chi connectivity index (χ0v) is 16.5. The number of nitriles is 1. The number of aromatic nitrogens is 3. The summed E-state index contributed by atoms with van der Waals surface area (Å²) in [5.41, 5.74) is 0.135. The Morgan fingerprint density at radius 3 is 2.70 bits per heavy atom. The summed E-state index contributed by atoms with van der Waals surface area (Å²) in [6, 6.07) is 8.86. The van der Waals surface area contributed by atoms with Crippen LogP contribution in [-0.2, 0) is 11.3 Å². The topological polar surface area (TPSA) is 118 Å². The Bertz CT molecular complexity index is 1210. The molecule has 8 nitrogen and oxygen atoms in total. The largest absolute Gasteiger partial charge is 0.492 e. The van der Waals surface area contributed by atoms with E-state index in [2.05, 4.69) is 9.97 Å². The highest BCUT2D eigenvalue weighted by molar-refractivity contribution is 6.30. The average Bonchev–Trinajstić information content (AvgIpc) is 2.69. The number of benzene rings is 1. The van der Waals surface area contributed by atoms with E-state index in [1.54, 1.807) is 24.3 Å². The highest BCUT2D eigenvalue weighted by Crippen LogP contribution is 2.41. The lowest BCUT2D eigenvalue weighted by Crippen LogP contribution is -2.36. The molecule has 2 aromatic heterocycles. The predicted molar refractivity (Wildman–Crippen MR) is 109 cm³/mol. The van der Waals surface area contributed by atoms with Gasteiger partial charge in [-0.1, -0.05) is 11.6 Å². The third kappa shape index (κ3) is 3.72. The van der Waals surface area contributed by atoms with Gasteiger partial charge < -0.3 is 9.84 Å². The maximum Gasteiger partial charge on any atom is 0.306 e. The van der Waals surface area contributed by atoms with Crippen LogP contribution in [-0.4, -0.2) is 32.2 Å². The first-order chi connectivity index (χ1) is 14.5. The molecule has 2 heterocycles. The van der Waals surface area contributed by atoms with Gasteiger partial charge in [0.2, 0.25) is 0 Å². The molecule has 1 saturated carbocycles. The van der Waals surface area contributed by atoms with Crippen molar-refractivity contribution in [2.24, 2.45) is 5.92 Å². The van der Waals surface area contributed by atoms with Crippen LogP contribution >= 0.6 is 11.6 Å². The second-order valence-electron chi connectivity index (χ2n) is 7.13. The van der Waals surface area contributed by atoms with Gasteiger partial charge in [-0.15, -0.1) is 0 Å². The lowest BCUT2D eigenvalue weighted by atomic mass is 9.74. The molecule has 0 aliphatic heterocycles. The van der Waals surface area contributed by atoms with Gasteiger partial charge in [-0.25, -0.2) is 4.98 Å². The zero-order chi connectivity index (χ0) is 21.3. The van der Waals surface area contributed by atoms with Crippen LogP contribution in [0.15, 0.2) is 41.5 Å². The van der Waals surface area contributed by atoms with Crippen LogP contribution in [0.4, 0.5) is 0 Å². The summed E-state index contributed by atoms with van der Waals surface area (Å²) < 4.78 is 7.20. The molecule has 1 aliphatic rings. The minimum absolute atomic E-state index is 0.149. The average molecular weight is 425 g/mol. The van der Waals surface area contributed by atoms with Crippen molar-refractivity contribution in [2.45, 2.75) is 25.3 Å². The molecule has 152 valence electrons. The van der Waals surface area contributed by atoms with Crippen LogP contribution in [0.3, 0.4) is 0 Å². The van der Waals surface area contributed by atoms with Gasteiger partial charge in [-0.3, -0.25) is 19.1 Å². The fourth-order valence-corrected chi connectivity index (χ4v) is 3.74. The molecule has 0 spiro atoms. The molecule has 1 N–H and O–H groups in total. The molecule has 1 aliphatic carbocycles. The van der Waals surface area contributed by atoms with E-state index >= 15 is 0 Å². The Kier molecular flexibility index (Phi) is 5.38. The number of carboxylic acids is 1. The van der Waals surface area contributed by atoms with Gasteiger partial charge in [0, 0.05) is 17.1 Å². The minimum atomic E-state index is -0.847. The van der Waals surface area contributed by atoms with Gasteiger partial charge in [-0.2, -0.15) is 5.26 Å². The third-order valence-corrected chi connectivity index (χ3v) is 5.52. The lowest BCUT2D eigenvalue weighted by Gasteiger charge is -2.33. The van der Waals surface area contributed by atoms with Gasteiger partial charge >= 0.3 is 5.97 Å². The molecule has 0 unspecified atom stereocenters. The lowest BCUT2D eigenvalue weighted by molar-refractivity contribution is -0.145. The summed E-state index contributed by atoms with van der Waals surface area (Å²) in [7, 11) is 0. The summed E-state index contributed by atoms with van der Waals surface area (Å²) >= 11 is 5.88. The number of hydrogen-bond acceptors (Lipinski definition) is 6. The second kappa shape index (κ2) is 8.13. The number of nitrogens with zero attached hydrogens (tertiary/aromatic N) is 4.